The molecule has 154 valence electrons. The van der Waals surface area contributed by atoms with E-state index in [4.69, 9.17) is 0 Å². The van der Waals surface area contributed by atoms with Crippen LogP contribution in [0.2, 0.25) is 0 Å². The molecule has 0 saturated carbocycles. The topological polar surface area (TPSA) is 6.48 Å². The summed E-state index contributed by atoms with van der Waals surface area (Å²) in [4.78, 5) is 2.64. The maximum Gasteiger partial charge on any atom is 0.152 e. The molecule has 1 aliphatic heterocycles. The van der Waals surface area contributed by atoms with Gasteiger partial charge in [-0.3, -0.25) is 4.90 Å². The van der Waals surface area contributed by atoms with Crippen molar-refractivity contribution in [3.05, 3.63) is 66.5 Å². The minimum Gasteiger partial charge on any atom is -0.352 e. The van der Waals surface area contributed by atoms with Crippen LogP contribution in [0.3, 0.4) is 0 Å². The molecule has 1 aromatic carbocycles. The van der Waals surface area contributed by atoms with Gasteiger partial charge in [0.25, 0.3) is 0 Å². The van der Waals surface area contributed by atoms with Crippen LogP contribution in [0.5, 0.6) is 0 Å². The number of nitrogens with zero attached hydrogens (tertiary/aromatic N) is 2. The van der Waals surface area contributed by atoms with Gasteiger partial charge >= 0.3 is 0 Å². The Balaban J connectivity index is 0.00000136. The van der Waals surface area contributed by atoms with Crippen molar-refractivity contribution >= 4 is 5.69 Å². The number of allylic oxidation sites excluding steroid dienone is 2. The van der Waals surface area contributed by atoms with E-state index in [1.165, 1.54) is 16.7 Å². The van der Waals surface area contributed by atoms with Crippen LogP contribution in [0.4, 0.5) is 32.0 Å². The molecule has 2 nitrogen and oxygen atoms in total. The molecule has 2 unspecified atom stereocenters. The maximum atomic E-state index is 14.6. The largest absolute Gasteiger partial charge is 0.352 e. The Morgan fingerprint density at radius 2 is 1.54 bits per heavy atom. The average Bonchev–Trinajstić information content (AvgIpc) is 2.89. The van der Waals surface area contributed by atoms with Crippen LogP contribution in [0.15, 0.2) is 49.1 Å². The zero-order chi connectivity index (χ0) is 21.4. The van der Waals surface area contributed by atoms with Gasteiger partial charge in [0.05, 0.1) is 6.67 Å². The molecule has 1 saturated heterocycles. The molecule has 8 heteroatoms. The lowest BCUT2D eigenvalue weighted by molar-refractivity contribution is 0.0115. The fourth-order valence-electron chi connectivity index (χ4n) is 3.75. The van der Waals surface area contributed by atoms with Gasteiger partial charge < -0.3 is 4.90 Å². The Hall–Kier alpha value is -2.22. The predicted octanol–water partition coefficient (Wildman–Crippen LogP) is 5.58. The normalized spacial score (nSPS) is 27.0. The number of anilines is 1. The summed E-state index contributed by atoms with van der Waals surface area (Å²) in [6.07, 6.45) is -0.718. The highest BCUT2D eigenvalue weighted by Gasteiger charge is 2.54. The van der Waals surface area contributed by atoms with Crippen molar-refractivity contribution in [2.45, 2.75) is 38.0 Å². The summed E-state index contributed by atoms with van der Waals surface area (Å²) in [6, 6.07) is 1.10. The third-order valence-corrected chi connectivity index (χ3v) is 5.07. The first-order chi connectivity index (χ1) is 13.0. The van der Waals surface area contributed by atoms with E-state index in [0.717, 1.165) is 0 Å². The number of benzene rings is 1. The lowest BCUT2D eigenvalue weighted by atomic mass is 9.85. The molecule has 0 bridgehead atoms. The number of rotatable bonds is 2. The number of hydrogen-bond donors (Lipinski definition) is 0. The van der Waals surface area contributed by atoms with Crippen molar-refractivity contribution in [2.75, 3.05) is 18.1 Å². The van der Waals surface area contributed by atoms with Crippen LogP contribution in [0, 0.1) is 17.5 Å². The molecule has 3 rings (SSSR count). The molecule has 0 N–H and O–H groups in total. The molecule has 0 spiro atoms. The lowest BCUT2D eigenvalue weighted by Gasteiger charge is -2.46. The number of halogens is 6. The van der Waals surface area contributed by atoms with Gasteiger partial charge in [-0.25, -0.2) is 26.3 Å². The predicted molar refractivity (Wildman–Crippen MR) is 97.4 cm³/mol. The molecule has 1 heterocycles. The summed E-state index contributed by atoms with van der Waals surface area (Å²) in [7, 11) is 0. The molecule has 0 radical (unpaired) electrons. The quantitative estimate of drug-likeness (QED) is 0.469. The Morgan fingerprint density at radius 1 is 1.00 bits per heavy atom. The third-order valence-electron chi connectivity index (χ3n) is 5.07. The first-order valence-electron chi connectivity index (χ1n) is 8.53. The fraction of sp³-hybridized carbons (Fsp3) is 0.400. The van der Waals surface area contributed by atoms with E-state index < -0.39 is 52.0 Å². The van der Waals surface area contributed by atoms with Gasteiger partial charge in [0.2, 0.25) is 0 Å². The molecule has 0 amide bonds. The monoisotopic (exact) mass is 404 g/mol. The van der Waals surface area contributed by atoms with Crippen molar-refractivity contribution in [3.8, 4) is 0 Å². The van der Waals surface area contributed by atoms with Gasteiger partial charge in [-0.05, 0) is 26.8 Å². The first kappa shape index (κ1) is 22.1. The van der Waals surface area contributed by atoms with E-state index in [0.29, 0.717) is 24.3 Å². The molecule has 0 aromatic heterocycles. The molecule has 1 aliphatic carbocycles. The molecule has 2 aliphatic rings. The summed E-state index contributed by atoms with van der Waals surface area (Å²) in [5.41, 5.74) is -3.21. The minimum atomic E-state index is -1.99. The van der Waals surface area contributed by atoms with Gasteiger partial charge in [-0.1, -0.05) is 0 Å². The zero-order valence-electron chi connectivity index (χ0n) is 15.9. The fourth-order valence-corrected chi connectivity index (χ4v) is 3.75. The molecule has 1 fully saturated rings. The second-order valence-corrected chi connectivity index (χ2v) is 7.39. The van der Waals surface area contributed by atoms with E-state index in [9.17, 15) is 26.3 Å². The SMILES string of the molecule is C=C.CC1(C)CN(c2c(F)cc(F)cc2F)CN1C1(C)C(F)=CC(F)=CC1F. The van der Waals surface area contributed by atoms with Crippen molar-refractivity contribution in [1.82, 2.24) is 4.90 Å². The summed E-state index contributed by atoms with van der Waals surface area (Å²) in [5, 5.41) is 0. The van der Waals surface area contributed by atoms with Crippen molar-refractivity contribution < 1.29 is 26.3 Å². The van der Waals surface area contributed by atoms with Crippen LogP contribution in [0.25, 0.3) is 0 Å². The van der Waals surface area contributed by atoms with Crippen LogP contribution in [-0.2, 0) is 0 Å². The highest BCUT2D eigenvalue weighted by molar-refractivity contribution is 5.51. The Labute approximate surface area is 160 Å². The minimum absolute atomic E-state index is 0.0360. The summed E-state index contributed by atoms with van der Waals surface area (Å²) in [6.45, 7) is 10.4. The highest BCUT2D eigenvalue weighted by atomic mass is 19.2. The summed E-state index contributed by atoms with van der Waals surface area (Å²) < 4.78 is 83.9. The Kier molecular flexibility index (Phi) is 6.04. The highest BCUT2D eigenvalue weighted by Crippen LogP contribution is 2.44. The molecular formula is C20H22F6N2. The summed E-state index contributed by atoms with van der Waals surface area (Å²) >= 11 is 0. The van der Waals surface area contributed by atoms with Crippen molar-refractivity contribution in [1.29, 1.82) is 0 Å². The van der Waals surface area contributed by atoms with Gasteiger partial charge in [0.1, 0.15) is 34.9 Å². The Bertz CT molecular complexity index is 796. The second kappa shape index (κ2) is 7.66. The van der Waals surface area contributed by atoms with Gasteiger partial charge in [0, 0.05) is 30.3 Å². The molecule has 1 aromatic rings. The van der Waals surface area contributed by atoms with Gasteiger partial charge in [-0.15, -0.1) is 13.2 Å². The third kappa shape index (κ3) is 3.57. The lowest BCUT2D eigenvalue weighted by Crippen LogP contribution is -2.60. The van der Waals surface area contributed by atoms with E-state index in [2.05, 4.69) is 13.2 Å². The van der Waals surface area contributed by atoms with Crippen molar-refractivity contribution in [2.24, 2.45) is 0 Å². The van der Waals surface area contributed by atoms with Crippen LogP contribution in [0.1, 0.15) is 20.8 Å². The van der Waals surface area contributed by atoms with E-state index >= 15 is 0 Å². The van der Waals surface area contributed by atoms with E-state index in [1.54, 1.807) is 13.8 Å². The van der Waals surface area contributed by atoms with Crippen molar-refractivity contribution in [3.63, 3.8) is 0 Å². The smallest absolute Gasteiger partial charge is 0.152 e. The standard InChI is InChI=1S/C18H18F6N2.C2H4/c1-17(2)8-25(16-12(21)4-10(19)5-13(16)22)9-26(17)18(3)14(23)6-11(20)7-15(18)24;1-2/h4-7,14H,8-9H2,1-3H3;1-2H2. The van der Waals surface area contributed by atoms with E-state index in [-0.39, 0.29) is 13.2 Å². The zero-order valence-corrected chi connectivity index (χ0v) is 15.9. The first-order valence-corrected chi connectivity index (χ1v) is 8.53. The molecule has 28 heavy (non-hydrogen) atoms. The van der Waals surface area contributed by atoms with Gasteiger partial charge in [-0.2, -0.15) is 0 Å². The summed E-state index contributed by atoms with van der Waals surface area (Å²) in [5.74, 6) is -5.30. The number of hydrogen-bond acceptors (Lipinski definition) is 2. The van der Waals surface area contributed by atoms with E-state index in [1.807, 2.05) is 0 Å². The Morgan fingerprint density at radius 3 is 2.04 bits per heavy atom. The van der Waals surface area contributed by atoms with Gasteiger partial charge in [0.15, 0.2) is 11.6 Å². The maximum absolute atomic E-state index is 14.6. The molecular weight excluding hydrogens is 382 g/mol. The number of alkyl halides is 1. The average molecular weight is 404 g/mol. The van der Waals surface area contributed by atoms with Crippen LogP contribution < -0.4 is 4.90 Å². The second-order valence-electron chi connectivity index (χ2n) is 7.39. The molecule has 2 atom stereocenters. The van der Waals surface area contributed by atoms with Crippen LogP contribution >= 0.6 is 0 Å². The van der Waals surface area contributed by atoms with Crippen LogP contribution in [-0.4, -0.2) is 35.4 Å².